The van der Waals surface area contributed by atoms with Crippen molar-refractivity contribution >= 4 is 28.9 Å². The minimum absolute atomic E-state index is 0.313. The second kappa shape index (κ2) is 9.26. The second-order valence-corrected chi connectivity index (χ2v) is 9.49. The molecule has 0 spiro atoms. The molecule has 2 atom stereocenters. The Balaban J connectivity index is 1.37. The predicted octanol–water partition coefficient (Wildman–Crippen LogP) is 5.28. The number of halogens is 2. The Morgan fingerprint density at radius 3 is 2.38 bits per heavy atom. The van der Waals surface area contributed by atoms with Crippen molar-refractivity contribution in [3.05, 3.63) is 64.1 Å². The minimum Gasteiger partial charge on any atom is -0.389 e. The summed E-state index contributed by atoms with van der Waals surface area (Å²) in [4.78, 5) is 4.93. The van der Waals surface area contributed by atoms with E-state index in [1.54, 1.807) is 0 Å². The molecule has 2 aliphatic rings. The molecule has 1 heterocycles. The third-order valence-corrected chi connectivity index (χ3v) is 7.07. The van der Waals surface area contributed by atoms with Crippen LogP contribution < -0.4 is 4.90 Å². The van der Waals surface area contributed by atoms with Crippen LogP contribution in [0.5, 0.6) is 0 Å². The number of aliphatic hydroxyl groups is 1. The van der Waals surface area contributed by atoms with E-state index >= 15 is 0 Å². The van der Waals surface area contributed by atoms with Crippen LogP contribution in [-0.2, 0) is 6.42 Å². The third-order valence-electron chi connectivity index (χ3n) is 6.60. The number of hydrogen-bond donors (Lipinski definition) is 1. The standard InChI is InChI=1S/C24H30Cl2N2O/c25-21-7-3-5-19(15-21)17-24(29)10-2-1-6-20(24)18-27-11-13-28(14-12-27)23-9-4-8-22(26)16-23/h3-5,7-9,15-16,20,29H,1-2,6,10-14,17-18H2. The van der Waals surface area contributed by atoms with E-state index < -0.39 is 5.60 Å². The SMILES string of the molecule is OC1(Cc2cccc(Cl)c2)CCCCC1CN1CCN(c2cccc(Cl)c2)CC1. The molecule has 2 fully saturated rings. The van der Waals surface area contributed by atoms with Gasteiger partial charge in [0, 0.05) is 60.8 Å². The van der Waals surface area contributed by atoms with Gasteiger partial charge in [-0.25, -0.2) is 0 Å². The fourth-order valence-electron chi connectivity index (χ4n) is 4.96. The van der Waals surface area contributed by atoms with E-state index in [0.717, 1.165) is 67.6 Å². The molecule has 0 radical (unpaired) electrons. The highest BCUT2D eigenvalue weighted by Gasteiger charge is 2.40. The van der Waals surface area contributed by atoms with Crippen molar-refractivity contribution in [3.8, 4) is 0 Å². The molecule has 0 bridgehead atoms. The van der Waals surface area contributed by atoms with Crippen LogP contribution in [-0.4, -0.2) is 48.3 Å². The molecule has 29 heavy (non-hydrogen) atoms. The van der Waals surface area contributed by atoms with Crippen LogP contribution in [0.3, 0.4) is 0 Å². The van der Waals surface area contributed by atoms with Gasteiger partial charge in [-0.1, -0.05) is 54.2 Å². The van der Waals surface area contributed by atoms with Crippen molar-refractivity contribution in [2.24, 2.45) is 5.92 Å². The lowest BCUT2D eigenvalue weighted by Gasteiger charge is -2.44. The molecule has 1 saturated heterocycles. The molecule has 1 aliphatic carbocycles. The van der Waals surface area contributed by atoms with Crippen LogP contribution in [0.25, 0.3) is 0 Å². The molecule has 1 aliphatic heterocycles. The smallest absolute Gasteiger partial charge is 0.0728 e. The van der Waals surface area contributed by atoms with Crippen molar-refractivity contribution in [2.75, 3.05) is 37.6 Å². The van der Waals surface area contributed by atoms with Gasteiger partial charge >= 0.3 is 0 Å². The predicted molar refractivity (Wildman–Crippen MR) is 122 cm³/mol. The summed E-state index contributed by atoms with van der Waals surface area (Å²) in [6.07, 6.45) is 5.00. The fourth-order valence-corrected chi connectivity index (χ4v) is 5.36. The first-order valence-electron chi connectivity index (χ1n) is 10.7. The maximum absolute atomic E-state index is 11.6. The lowest BCUT2D eigenvalue weighted by atomic mass is 9.72. The second-order valence-electron chi connectivity index (χ2n) is 8.62. The monoisotopic (exact) mass is 432 g/mol. The molecule has 0 aromatic heterocycles. The Morgan fingerprint density at radius 1 is 0.931 bits per heavy atom. The lowest BCUT2D eigenvalue weighted by Crippen LogP contribution is -2.52. The van der Waals surface area contributed by atoms with Crippen molar-refractivity contribution in [1.29, 1.82) is 0 Å². The first kappa shape index (κ1) is 21.0. The Morgan fingerprint density at radius 2 is 1.66 bits per heavy atom. The number of anilines is 1. The quantitative estimate of drug-likeness (QED) is 0.695. The molecular formula is C24H30Cl2N2O. The van der Waals surface area contributed by atoms with E-state index in [4.69, 9.17) is 23.2 Å². The lowest BCUT2D eigenvalue weighted by molar-refractivity contribution is -0.0595. The summed E-state index contributed by atoms with van der Waals surface area (Å²) >= 11 is 12.3. The highest BCUT2D eigenvalue weighted by Crippen LogP contribution is 2.37. The Kier molecular flexibility index (Phi) is 6.70. The van der Waals surface area contributed by atoms with Crippen LogP contribution in [0.4, 0.5) is 5.69 Å². The van der Waals surface area contributed by atoms with E-state index in [1.807, 2.05) is 36.4 Å². The number of nitrogens with zero attached hydrogens (tertiary/aromatic N) is 2. The van der Waals surface area contributed by atoms with E-state index in [2.05, 4.69) is 21.9 Å². The van der Waals surface area contributed by atoms with Gasteiger partial charge in [-0.3, -0.25) is 4.90 Å². The van der Waals surface area contributed by atoms with Crippen LogP contribution in [0.15, 0.2) is 48.5 Å². The summed E-state index contributed by atoms with van der Waals surface area (Å²) < 4.78 is 0. The van der Waals surface area contributed by atoms with E-state index in [0.29, 0.717) is 12.3 Å². The largest absolute Gasteiger partial charge is 0.389 e. The number of benzene rings is 2. The van der Waals surface area contributed by atoms with Crippen molar-refractivity contribution in [2.45, 2.75) is 37.7 Å². The number of hydrogen-bond acceptors (Lipinski definition) is 3. The maximum atomic E-state index is 11.6. The third kappa shape index (κ3) is 5.27. The summed E-state index contributed by atoms with van der Waals surface area (Å²) in [5.41, 5.74) is 1.71. The first-order chi connectivity index (χ1) is 14.0. The Bertz CT molecular complexity index is 822. The van der Waals surface area contributed by atoms with Gasteiger partial charge in [-0.05, 0) is 48.7 Å². The van der Waals surface area contributed by atoms with E-state index in [9.17, 15) is 5.11 Å². The van der Waals surface area contributed by atoms with E-state index in [-0.39, 0.29) is 0 Å². The molecule has 2 aromatic carbocycles. The van der Waals surface area contributed by atoms with E-state index in [1.165, 1.54) is 12.1 Å². The molecule has 1 N–H and O–H groups in total. The topological polar surface area (TPSA) is 26.7 Å². The van der Waals surface area contributed by atoms with Crippen LogP contribution in [0.1, 0.15) is 31.2 Å². The fraction of sp³-hybridized carbons (Fsp3) is 0.500. The molecule has 156 valence electrons. The van der Waals surface area contributed by atoms with Gasteiger partial charge in [0.15, 0.2) is 0 Å². The Labute approximate surface area is 184 Å². The molecular weight excluding hydrogens is 403 g/mol. The van der Waals surface area contributed by atoms with Gasteiger partial charge in [0.1, 0.15) is 0 Å². The van der Waals surface area contributed by atoms with Crippen molar-refractivity contribution < 1.29 is 5.11 Å². The molecule has 0 amide bonds. The van der Waals surface area contributed by atoms with Gasteiger partial charge < -0.3 is 10.0 Å². The summed E-state index contributed by atoms with van der Waals surface area (Å²) in [7, 11) is 0. The van der Waals surface area contributed by atoms with Gasteiger partial charge in [-0.2, -0.15) is 0 Å². The van der Waals surface area contributed by atoms with Gasteiger partial charge in [0.2, 0.25) is 0 Å². The summed E-state index contributed by atoms with van der Waals surface area (Å²) in [6.45, 7) is 5.02. The van der Waals surface area contributed by atoms with Gasteiger partial charge in [0.25, 0.3) is 0 Å². The van der Waals surface area contributed by atoms with Crippen molar-refractivity contribution in [3.63, 3.8) is 0 Å². The maximum Gasteiger partial charge on any atom is 0.0728 e. The summed E-state index contributed by atoms with van der Waals surface area (Å²) in [5, 5.41) is 13.1. The molecule has 4 rings (SSSR count). The normalized spacial score (nSPS) is 25.9. The zero-order valence-corrected chi connectivity index (χ0v) is 18.4. The van der Waals surface area contributed by atoms with Crippen LogP contribution >= 0.6 is 23.2 Å². The van der Waals surface area contributed by atoms with Gasteiger partial charge in [0.05, 0.1) is 5.60 Å². The number of rotatable bonds is 5. The highest BCUT2D eigenvalue weighted by atomic mass is 35.5. The molecule has 1 saturated carbocycles. The molecule has 3 nitrogen and oxygen atoms in total. The number of piperazine rings is 1. The zero-order valence-electron chi connectivity index (χ0n) is 16.9. The van der Waals surface area contributed by atoms with Crippen LogP contribution in [0.2, 0.25) is 10.0 Å². The van der Waals surface area contributed by atoms with Crippen LogP contribution in [0, 0.1) is 5.92 Å². The summed E-state index contributed by atoms with van der Waals surface area (Å²) in [6, 6.07) is 16.1. The Hall–Kier alpha value is -1.26. The molecule has 2 aromatic rings. The summed E-state index contributed by atoms with van der Waals surface area (Å²) in [5.74, 6) is 0.313. The van der Waals surface area contributed by atoms with Crippen molar-refractivity contribution in [1.82, 2.24) is 4.90 Å². The average molecular weight is 433 g/mol. The highest BCUT2D eigenvalue weighted by molar-refractivity contribution is 6.31. The average Bonchev–Trinajstić information content (AvgIpc) is 2.70. The minimum atomic E-state index is -0.632. The molecule has 5 heteroatoms. The molecule has 2 unspecified atom stereocenters. The van der Waals surface area contributed by atoms with Gasteiger partial charge in [-0.15, -0.1) is 0 Å². The zero-order chi connectivity index (χ0) is 20.3. The first-order valence-corrected chi connectivity index (χ1v) is 11.5.